The van der Waals surface area contributed by atoms with Gasteiger partial charge in [-0.2, -0.15) is 0 Å². The molecule has 1 heterocycles. The van der Waals surface area contributed by atoms with Crippen LogP contribution < -0.4 is 15.8 Å². The van der Waals surface area contributed by atoms with Crippen LogP contribution in [0.5, 0.6) is 5.75 Å². The van der Waals surface area contributed by atoms with Crippen LogP contribution in [0.1, 0.15) is 39.0 Å². The summed E-state index contributed by atoms with van der Waals surface area (Å²) in [6.45, 7) is 5.55. The maximum absolute atomic E-state index is 5.92. The van der Waals surface area contributed by atoms with E-state index >= 15 is 0 Å². The summed E-state index contributed by atoms with van der Waals surface area (Å²) in [5.41, 5.74) is 6.85. The lowest BCUT2D eigenvalue weighted by Gasteiger charge is -2.33. The molecule has 0 radical (unpaired) electrons. The van der Waals surface area contributed by atoms with Crippen LogP contribution in [0.25, 0.3) is 0 Å². The molecular weight excluding hydrogens is 415 g/mol. The number of benzene rings is 1. The number of methoxy groups -OCH3 is 1. The van der Waals surface area contributed by atoms with E-state index < -0.39 is 0 Å². The number of unbranched alkanes of at least 4 members (excludes halogenated alkanes) is 1. The highest BCUT2D eigenvalue weighted by atomic mass is 127. The second-order valence-electron chi connectivity index (χ2n) is 6.21. The average Bonchev–Trinajstić information content (AvgIpc) is 2.57. The van der Waals surface area contributed by atoms with Gasteiger partial charge in [-0.05, 0) is 70.0 Å². The molecule has 0 bridgehead atoms. The molecule has 0 aromatic heterocycles. The molecule has 24 heavy (non-hydrogen) atoms. The molecule has 1 unspecified atom stereocenters. The number of ether oxygens (including phenoxy) is 1. The van der Waals surface area contributed by atoms with E-state index in [0.29, 0.717) is 5.96 Å². The Bertz CT molecular complexity index is 492. The fourth-order valence-electron chi connectivity index (χ4n) is 2.98. The van der Waals surface area contributed by atoms with E-state index in [9.17, 15) is 0 Å². The van der Waals surface area contributed by atoms with Gasteiger partial charge in [0.2, 0.25) is 0 Å². The van der Waals surface area contributed by atoms with Crippen molar-refractivity contribution in [2.75, 3.05) is 32.1 Å². The van der Waals surface area contributed by atoms with Crippen molar-refractivity contribution in [2.45, 2.75) is 45.1 Å². The minimum atomic E-state index is 0. The second kappa shape index (κ2) is 11.5. The summed E-state index contributed by atoms with van der Waals surface area (Å²) in [5.74, 6) is 1.31. The Kier molecular flexibility index (Phi) is 10.1. The van der Waals surface area contributed by atoms with Crippen molar-refractivity contribution >= 4 is 35.6 Å². The van der Waals surface area contributed by atoms with Crippen molar-refractivity contribution in [1.82, 2.24) is 4.90 Å². The molecule has 1 aromatic rings. The molecule has 0 aliphatic carbocycles. The van der Waals surface area contributed by atoms with Crippen molar-refractivity contribution in [3.8, 4) is 5.75 Å². The number of hydrogen-bond acceptors (Lipinski definition) is 3. The van der Waals surface area contributed by atoms with Crippen LogP contribution >= 0.6 is 24.0 Å². The molecule has 1 aromatic carbocycles. The van der Waals surface area contributed by atoms with Crippen molar-refractivity contribution in [3.63, 3.8) is 0 Å². The van der Waals surface area contributed by atoms with Gasteiger partial charge in [-0.15, -0.1) is 24.0 Å². The maximum atomic E-state index is 5.92. The topological polar surface area (TPSA) is 62.9 Å². The van der Waals surface area contributed by atoms with Crippen LogP contribution in [0.4, 0.5) is 5.69 Å². The predicted octanol–water partition coefficient (Wildman–Crippen LogP) is 3.69. The summed E-state index contributed by atoms with van der Waals surface area (Å²) in [6.07, 6.45) is 6.34. The van der Waals surface area contributed by atoms with Crippen LogP contribution in [-0.4, -0.2) is 43.6 Å². The lowest BCUT2D eigenvalue weighted by atomic mass is 10.0. The van der Waals surface area contributed by atoms with E-state index in [1.165, 1.54) is 38.8 Å². The minimum absolute atomic E-state index is 0. The standard InChI is InChI=1S/C18H30N4O.HI/c1-15-7-3-5-13-22(15)14-6-4-12-20-18(19)21-16-8-10-17(23-2)11-9-16;/h8-11,15H,3-7,12-14H2,1-2H3,(H3,19,20,21);1H. The fraction of sp³-hybridized carbons (Fsp3) is 0.611. The van der Waals surface area contributed by atoms with E-state index in [1.54, 1.807) is 7.11 Å². The first-order valence-electron chi connectivity index (χ1n) is 8.64. The number of nitrogens with zero attached hydrogens (tertiary/aromatic N) is 2. The number of hydrogen-bond donors (Lipinski definition) is 2. The molecule has 0 amide bonds. The summed E-state index contributed by atoms with van der Waals surface area (Å²) >= 11 is 0. The molecule has 0 saturated carbocycles. The van der Waals surface area contributed by atoms with Crippen LogP contribution in [0, 0.1) is 0 Å². The molecule has 6 heteroatoms. The number of nitrogens with two attached hydrogens (primary N) is 1. The lowest BCUT2D eigenvalue weighted by molar-refractivity contribution is 0.158. The first-order valence-corrected chi connectivity index (χ1v) is 8.64. The molecule has 1 fully saturated rings. The Hall–Kier alpha value is -1.02. The molecule has 1 saturated heterocycles. The fourth-order valence-corrected chi connectivity index (χ4v) is 2.98. The number of piperidine rings is 1. The van der Waals surface area contributed by atoms with Crippen LogP contribution in [0.3, 0.4) is 0 Å². The van der Waals surface area contributed by atoms with Crippen molar-refractivity contribution in [2.24, 2.45) is 10.7 Å². The molecule has 2 rings (SSSR count). The van der Waals surface area contributed by atoms with E-state index in [1.807, 2.05) is 24.3 Å². The van der Waals surface area contributed by atoms with Crippen molar-refractivity contribution < 1.29 is 4.74 Å². The molecule has 3 N–H and O–H groups in total. The SMILES string of the molecule is COc1ccc(NC(N)=NCCCCN2CCCCC2C)cc1.I. The molecule has 1 atom stereocenters. The van der Waals surface area contributed by atoms with Crippen molar-refractivity contribution in [1.29, 1.82) is 0 Å². The van der Waals surface area contributed by atoms with Crippen LogP contribution in [0.2, 0.25) is 0 Å². The maximum Gasteiger partial charge on any atom is 0.193 e. The number of nitrogens with one attached hydrogen (secondary N) is 1. The van der Waals surface area contributed by atoms with E-state index in [-0.39, 0.29) is 24.0 Å². The van der Waals surface area contributed by atoms with Gasteiger partial charge in [0, 0.05) is 18.3 Å². The zero-order valence-corrected chi connectivity index (χ0v) is 17.2. The first kappa shape index (κ1) is 21.0. The van der Waals surface area contributed by atoms with E-state index in [2.05, 4.69) is 22.1 Å². The highest BCUT2D eigenvalue weighted by molar-refractivity contribution is 14.0. The van der Waals surface area contributed by atoms with Gasteiger partial charge >= 0.3 is 0 Å². The predicted molar refractivity (Wildman–Crippen MR) is 113 cm³/mol. The Morgan fingerprint density at radius 2 is 2.04 bits per heavy atom. The van der Waals surface area contributed by atoms with Gasteiger partial charge in [0.1, 0.15) is 5.75 Å². The lowest BCUT2D eigenvalue weighted by Crippen LogP contribution is -2.38. The molecule has 5 nitrogen and oxygen atoms in total. The number of likely N-dealkylation sites (tertiary alicyclic amines) is 1. The normalized spacial score (nSPS) is 18.8. The third-order valence-electron chi connectivity index (χ3n) is 4.44. The molecule has 136 valence electrons. The quantitative estimate of drug-likeness (QED) is 0.290. The summed E-state index contributed by atoms with van der Waals surface area (Å²) < 4.78 is 5.13. The molecule has 0 spiro atoms. The van der Waals surface area contributed by atoms with E-state index in [4.69, 9.17) is 10.5 Å². The smallest absolute Gasteiger partial charge is 0.193 e. The largest absolute Gasteiger partial charge is 0.497 e. The molecule has 1 aliphatic heterocycles. The third kappa shape index (κ3) is 7.25. The summed E-state index contributed by atoms with van der Waals surface area (Å²) in [6, 6.07) is 8.40. The monoisotopic (exact) mass is 446 g/mol. The number of anilines is 1. The van der Waals surface area contributed by atoms with Crippen molar-refractivity contribution in [3.05, 3.63) is 24.3 Å². The second-order valence-corrected chi connectivity index (χ2v) is 6.21. The highest BCUT2D eigenvalue weighted by Crippen LogP contribution is 2.17. The van der Waals surface area contributed by atoms with Crippen LogP contribution in [0.15, 0.2) is 29.3 Å². The summed E-state index contributed by atoms with van der Waals surface area (Å²) in [7, 11) is 1.66. The number of guanidine groups is 1. The average molecular weight is 446 g/mol. The highest BCUT2D eigenvalue weighted by Gasteiger charge is 2.16. The summed E-state index contributed by atoms with van der Waals surface area (Å²) in [4.78, 5) is 7.00. The number of aliphatic imine (C=N–C) groups is 1. The minimum Gasteiger partial charge on any atom is -0.497 e. The van der Waals surface area contributed by atoms with Gasteiger partial charge in [-0.25, -0.2) is 0 Å². The summed E-state index contributed by atoms with van der Waals surface area (Å²) in [5, 5.41) is 3.10. The van der Waals surface area contributed by atoms with E-state index in [0.717, 1.165) is 30.4 Å². The molecular formula is C18H31IN4O. The van der Waals surface area contributed by atoms with Gasteiger partial charge in [-0.3, -0.25) is 4.99 Å². The Balaban J connectivity index is 0.00000288. The van der Waals surface area contributed by atoms with Gasteiger partial charge in [0.15, 0.2) is 5.96 Å². The van der Waals surface area contributed by atoms with Gasteiger partial charge < -0.3 is 20.7 Å². The van der Waals surface area contributed by atoms with Gasteiger partial charge in [0.05, 0.1) is 7.11 Å². The molecule has 1 aliphatic rings. The zero-order chi connectivity index (χ0) is 16.5. The third-order valence-corrected chi connectivity index (χ3v) is 4.44. The zero-order valence-electron chi connectivity index (χ0n) is 14.8. The Labute approximate surface area is 163 Å². The number of halogens is 1. The first-order chi connectivity index (χ1) is 11.2. The van der Waals surface area contributed by atoms with Gasteiger partial charge in [0.25, 0.3) is 0 Å². The number of rotatable bonds is 7. The van der Waals surface area contributed by atoms with Gasteiger partial charge in [-0.1, -0.05) is 6.42 Å². The Morgan fingerprint density at radius 1 is 1.29 bits per heavy atom. The van der Waals surface area contributed by atoms with Crippen LogP contribution in [-0.2, 0) is 0 Å². The Morgan fingerprint density at radius 3 is 2.71 bits per heavy atom.